The zero-order chi connectivity index (χ0) is 21.9. The molecule has 1 aromatic heterocycles. The Morgan fingerprint density at radius 3 is 2.37 bits per heavy atom. The SMILES string of the molecule is O=C(Nc1ccc(Oc2ccc(C(F)(F)F)cn2)cc1)c1cc([N+](=O)[O-])ccc1Cl. The zero-order valence-corrected chi connectivity index (χ0v) is 15.6. The molecule has 0 aliphatic rings. The maximum absolute atomic E-state index is 12.5. The van der Waals surface area contributed by atoms with Crippen molar-refractivity contribution in [2.45, 2.75) is 6.18 Å². The average Bonchev–Trinajstić information content (AvgIpc) is 2.69. The molecule has 30 heavy (non-hydrogen) atoms. The summed E-state index contributed by atoms with van der Waals surface area (Å²) in [4.78, 5) is 26.2. The van der Waals surface area contributed by atoms with Crippen LogP contribution in [0.2, 0.25) is 5.02 Å². The van der Waals surface area contributed by atoms with Gasteiger partial charge in [0.15, 0.2) is 0 Å². The van der Waals surface area contributed by atoms with Crippen molar-refractivity contribution < 1.29 is 27.6 Å². The van der Waals surface area contributed by atoms with Crippen LogP contribution in [0.1, 0.15) is 15.9 Å². The normalized spacial score (nSPS) is 11.1. The van der Waals surface area contributed by atoms with Crippen molar-refractivity contribution in [3.63, 3.8) is 0 Å². The smallest absolute Gasteiger partial charge is 0.417 e. The van der Waals surface area contributed by atoms with Crippen LogP contribution in [0.15, 0.2) is 60.8 Å². The van der Waals surface area contributed by atoms with E-state index in [-0.39, 0.29) is 27.9 Å². The first-order valence-electron chi connectivity index (χ1n) is 8.20. The molecule has 1 amide bonds. The van der Waals surface area contributed by atoms with Gasteiger partial charge >= 0.3 is 6.18 Å². The lowest BCUT2D eigenvalue weighted by molar-refractivity contribution is -0.384. The van der Waals surface area contributed by atoms with Crippen molar-refractivity contribution >= 4 is 28.9 Å². The lowest BCUT2D eigenvalue weighted by Gasteiger charge is -2.09. The predicted molar refractivity (Wildman–Crippen MR) is 102 cm³/mol. The van der Waals surface area contributed by atoms with Gasteiger partial charge in [-0.15, -0.1) is 0 Å². The number of ether oxygens (including phenoxy) is 1. The van der Waals surface area contributed by atoms with Crippen LogP contribution in [0.3, 0.4) is 0 Å². The van der Waals surface area contributed by atoms with Gasteiger partial charge in [-0.2, -0.15) is 13.2 Å². The van der Waals surface area contributed by atoms with E-state index >= 15 is 0 Å². The molecule has 0 saturated heterocycles. The number of nitrogens with zero attached hydrogens (tertiary/aromatic N) is 2. The fourth-order valence-corrected chi connectivity index (χ4v) is 2.54. The molecular formula is C19H11ClF3N3O4. The Morgan fingerprint density at radius 1 is 1.10 bits per heavy atom. The standard InChI is InChI=1S/C19H11ClF3N3O4/c20-16-7-4-13(26(28)29)9-15(16)18(27)25-12-2-5-14(6-3-12)30-17-8-1-11(10-24-17)19(21,22)23/h1-10H,(H,25,27). The van der Waals surface area contributed by atoms with Crippen LogP contribution in [-0.4, -0.2) is 15.8 Å². The van der Waals surface area contributed by atoms with Crippen LogP contribution in [0.4, 0.5) is 24.5 Å². The van der Waals surface area contributed by atoms with Gasteiger partial charge in [-0.25, -0.2) is 4.98 Å². The number of carbonyl (C=O) groups is 1. The third-order valence-corrected chi connectivity index (χ3v) is 4.13. The molecule has 0 bridgehead atoms. The molecule has 0 aliphatic heterocycles. The second-order valence-corrected chi connectivity index (χ2v) is 6.29. The molecule has 3 aromatic rings. The number of amides is 1. The van der Waals surface area contributed by atoms with E-state index in [0.29, 0.717) is 11.9 Å². The van der Waals surface area contributed by atoms with Crippen LogP contribution < -0.4 is 10.1 Å². The van der Waals surface area contributed by atoms with Crippen molar-refractivity contribution in [1.82, 2.24) is 4.98 Å². The highest BCUT2D eigenvalue weighted by Crippen LogP contribution is 2.30. The quantitative estimate of drug-likeness (QED) is 0.407. The van der Waals surface area contributed by atoms with Crippen LogP contribution in [0.5, 0.6) is 11.6 Å². The Bertz CT molecular complexity index is 1090. The Balaban J connectivity index is 1.68. The summed E-state index contributed by atoms with van der Waals surface area (Å²) in [7, 11) is 0. The van der Waals surface area contributed by atoms with Gasteiger partial charge in [0, 0.05) is 30.1 Å². The van der Waals surface area contributed by atoms with Gasteiger partial charge in [0.2, 0.25) is 5.88 Å². The largest absolute Gasteiger partial charge is 0.439 e. The van der Waals surface area contributed by atoms with Crippen molar-refractivity contribution in [2.24, 2.45) is 0 Å². The van der Waals surface area contributed by atoms with Crippen LogP contribution in [0.25, 0.3) is 0 Å². The summed E-state index contributed by atoms with van der Waals surface area (Å²) in [6.07, 6.45) is -3.83. The third-order valence-electron chi connectivity index (χ3n) is 3.80. The van der Waals surface area contributed by atoms with E-state index < -0.39 is 22.6 Å². The van der Waals surface area contributed by atoms with Gasteiger partial charge in [0.1, 0.15) is 5.75 Å². The first-order chi connectivity index (χ1) is 14.1. The monoisotopic (exact) mass is 437 g/mol. The number of non-ortho nitro benzene ring substituents is 1. The summed E-state index contributed by atoms with van der Waals surface area (Å²) in [5.74, 6) is -0.418. The minimum absolute atomic E-state index is 0.0387. The number of hydrogen-bond donors (Lipinski definition) is 1. The molecule has 11 heteroatoms. The summed E-state index contributed by atoms with van der Waals surface area (Å²) in [6.45, 7) is 0. The topological polar surface area (TPSA) is 94.4 Å². The maximum atomic E-state index is 12.5. The number of anilines is 1. The van der Waals surface area contributed by atoms with Crippen molar-refractivity contribution in [2.75, 3.05) is 5.32 Å². The van der Waals surface area contributed by atoms with E-state index in [1.165, 1.54) is 36.4 Å². The zero-order valence-electron chi connectivity index (χ0n) is 14.8. The molecule has 0 atom stereocenters. The highest BCUT2D eigenvalue weighted by atomic mass is 35.5. The number of halogens is 4. The van der Waals surface area contributed by atoms with E-state index in [1.807, 2.05) is 0 Å². The first-order valence-corrected chi connectivity index (χ1v) is 8.58. The van der Waals surface area contributed by atoms with E-state index in [4.69, 9.17) is 16.3 Å². The molecule has 0 aliphatic carbocycles. The summed E-state index contributed by atoms with van der Waals surface area (Å²) >= 11 is 5.94. The van der Waals surface area contributed by atoms with Crippen molar-refractivity contribution in [3.8, 4) is 11.6 Å². The number of rotatable bonds is 5. The molecule has 0 unspecified atom stereocenters. The number of nitrogens with one attached hydrogen (secondary N) is 1. The second-order valence-electron chi connectivity index (χ2n) is 5.88. The third kappa shape index (κ3) is 5.03. The van der Waals surface area contributed by atoms with E-state index in [9.17, 15) is 28.1 Å². The Labute approximate surface area is 172 Å². The summed E-state index contributed by atoms with van der Waals surface area (Å²) in [5.41, 5.74) is -0.902. The van der Waals surface area contributed by atoms with E-state index in [2.05, 4.69) is 10.3 Å². The van der Waals surface area contributed by atoms with Crippen LogP contribution in [0, 0.1) is 10.1 Å². The maximum Gasteiger partial charge on any atom is 0.417 e. The molecule has 2 aromatic carbocycles. The number of benzene rings is 2. The minimum Gasteiger partial charge on any atom is -0.439 e. The highest BCUT2D eigenvalue weighted by molar-refractivity contribution is 6.34. The second kappa shape index (κ2) is 8.37. The number of carbonyl (C=O) groups excluding carboxylic acids is 1. The van der Waals surface area contributed by atoms with Crippen molar-refractivity contribution in [1.29, 1.82) is 0 Å². The molecule has 0 radical (unpaired) electrons. The molecule has 3 rings (SSSR count). The van der Waals surface area contributed by atoms with Gasteiger partial charge in [-0.3, -0.25) is 14.9 Å². The molecule has 0 spiro atoms. The van der Waals surface area contributed by atoms with Crippen molar-refractivity contribution in [3.05, 3.63) is 87.1 Å². The first kappa shape index (κ1) is 21.1. The van der Waals surface area contributed by atoms with Gasteiger partial charge < -0.3 is 10.1 Å². The summed E-state index contributed by atoms with van der Waals surface area (Å²) in [5, 5.41) is 13.4. The van der Waals surface area contributed by atoms with E-state index in [0.717, 1.165) is 18.2 Å². The minimum atomic E-state index is -4.49. The van der Waals surface area contributed by atoms with Crippen LogP contribution >= 0.6 is 11.6 Å². The predicted octanol–water partition coefficient (Wildman–Crippen LogP) is 5.71. The number of nitro groups is 1. The Kier molecular flexibility index (Phi) is 5.88. The summed E-state index contributed by atoms with van der Waals surface area (Å²) in [6, 6.07) is 11.3. The Morgan fingerprint density at radius 2 is 1.80 bits per heavy atom. The molecule has 1 N–H and O–H groups in total. The molecule has 1 heterocycles. The van der Waals surface area contributed by atoms with E-state index in [1.54, 1.807) is 0 Å². The van der Waals surface area contributed by atoms with Crippen LogP contribution in [-0.2, 0) is 6.18 Å². The lowest BCUT2D eigenvalue weighted by atomic mass is 10.2. The number of hydrogen-bond acceptors (Lipinski definition) is 5. The summed E-state index contributed by atoms with van der Waals surface area (Å²) < 4.78 is 43.0. The lowest BCUT2D eigenvalue weighted by Crippen LogP contribution is -2.12. The fourth-order valence-electron chi connectivity index (χ4n) is 2.33. The molecule has 154 valence electrons. The van der Waals surface area contributed by atoms with Gasteiger partial charge in [0.05, 0.1) is 21.1 Å². The number of pyridine rings is 1. The Hall–Kier alpha value is -3.66. The highest BCUT2D eigenvalue weighted by Gasteiger charge is 2.30. The number of aromatic nitrogens is 1. The van der Waals surface area contributed by atoms with Gasteiger partial charge in [-0.1, -0.05) is 11.6 Å². The average molecular weight is 438 g/mol. The number of alkyl halides is 3. The molecule has 0 saturated carbocycles. The fraction of sp³-hybridized carbons (Fsp3) is 0.0526. The van der Waals surface area contributed by atoms with Gasteiger partial charge in [0.25, 0.3) is 11.6 Å². The van der Waals surface area contributed by atoms with Gasteiger partial charge in [-0.05, 0) is 36.4 Å². The molecular weight excluding hydrogens is 427 g/mol. The number of nitro benzene ring substituents is 1. The molecule has 7 nitrogen and oxygen atoms in total. The molecule has 0 fully saturated rings.